The second-order valence-corrected chi connectivity index (χ2v) is 5.74. The van der Waals surface area contributed by atoms with Gasteiger partial charge in [0.1, 0.15) is 5.54 Å². The molecule has 0 aliphatic heterocycles. The summed E-state index contributed by atoms with van der Waals surface area (Å²) in [5.41, 5.74) is 1.91. The van der Waals surface area contributed by atoms with Gasteiger partial charge in [-0.2, -0.15) is 10.4 Å². The number of aryl methyl sites for hydroxylation is 2. The fraction of sp³-hybridized carbons (Fsp3) is 0.733. The molecule has 2 atom stereocenters. The van der Waals surface area contributed by atoms with Crippen LogP contribution in [-0.4, -0.2) is 21.9 Å². The quantitative estimate of drug-likeness (QED) is 0.905. The van der Waals surface area contributed by atoms with Gasteiger partial charge >= 0.3 is 0 Å². The molecular formula is C15H24N4. The molecule has 2 unspecified atom stereocenters. The highest BCUT2D eigenvalue weighted by Gasteiger charge is 2.37. The van der Waals surface area contributed by atoms with E-state index in [9.17, 15) is 5.26 Å². The van der Waals surface area contributed by atoms with Crippen LogP contribution in [0, 0.1) is 25.2 Å². The van der Waals surface area contributed by atoms with Gasteiger partial charge in [-0.1, -0.05) is 6.92 Å². The topological polar surface area (TPSA) is 53.6 Å². The summed E-state index contributed by atoms with van der Waals surface area (Å²) in [5.74, 6) is 0. The highest BCUT2D eigenvalue weighted by Crippen LogP contribution is 2.35. The zero-order valence-corrected chi connectivity index (χ0v) is 12.2. The lowest BCUT2D eigenvalue weighted by molar-refractivity contribution is 0.218. The predicted octanol–water partition coefficient (Wildman–Crippen LogP) is 2.88. The second-order valence-electron chi connectivity index (χ2n) is 5.74. The van der Waals surface area contributed by atoms with E-state index in [0.29, 0.717) is 6.04 Å². The first-order valence-electron chi connectivity index (χ1n) is 7.29. The third-order valence-electron chi connectivity index (χ3n) is 4.04. The summed E-state index contributed by atoms with van der Waals surface area (Å²) >= 11 is 0. The fourth-order valence-corrected chi connectivity index (χ4v) is 3.14. The van der Waals surface area contributed by atoms with Crippen molar-refractivity contribution in [3.8, 4) is 6.07 Å². The molecule has 1 aromatic heterocycles. The van der Waals surface area contributed by atoms with Crippen molar-refractivity contribution in [2.75, 3.05) is 6.54 Å². The van der Waals surface area contributed by atoms with Crippen LogP contribution in [0.15, 0.2) is 6.07 Å². The number of aromatic nitrogens is 2. The van der Waals surface area contributed by atoms with Gasteiger partial charge < -0.3 is 0 Å². The monoisotopic (exact) mass is 260 g/mol. The van der Waals surface area contributed by atoms with Crippen LogP contribution < -0.4 is 5.32 Å². The zero-order chi connectivity index (χ0) is 13.9. The summed E-state index contributed by atoms with van der Waals surface area (Å²) in [5, 5.41) is 17.6. The lowest BCUT2D eigenvalue weighted by Crippen LogP contribution is -2.48. The minimum absolute atomic E-state index is 0.353. The molecule has 0 bridgehead atoms. The molecule has 104 valence electrons. The maximum Gasteiger partial charge on any atom is 0.108 e. The summed E-state index contributed by atoms with van der Waals surface area (Å²) < 4.78 is 2.12. The predicted molar refractivity (Wildman–Crippen MR) is 75.8 cm³/mol. The largest absolute Gasteiger partial charge is 0.299 e. The Kier molecular flexibility index (Phi) is 4.26. The van der Waals surface area contributed by atoms with Gasteiger partial charge in [0.25, 0.3) is 0 Å². The smallest absolute Gasteiger partial charge is 0.108 e. The Labute approximate surface area is 115 Å². The van der Waals surface area contributed by atoms with Gasteiger partial charge in [-0.15, -0.1) is 0 Å². The standard InChI is InChI=1S/C15H24N4/c1-4-8-17-15(11-16)7-5-6-14(10-15)19-13(3)9-12(2)18-19/h9,14,17H,4-8,10H2,1-3H3. The average Bonchev–Trinajstić information content (AvgIpc) is 2.76. The molecule has 1 aliphatic carbocycles. The molecule has 1 heterocycles. The van der Waals surface area contributed by atoms with Crippen molar-refractivity contribution in [1.82, 2.24) is 15.1 Å². The molecule has 4 heteroatoms. The molecule has 1 saturated carbocycles. The third kappa shape index (κ3) is 2.98. The van der Waals surface area contributed by atoms with Crippen molar-refractivity contribution in [3.05, 3.63) is 17.5 Å². The van der Waals surface area contributed by atoms with Crippen LogP contribution in [0.25, 0.3) is 0 Å². The minimum atomic E-state index is -0.356. The van der Waals surface area contributed by atoms with Crippen LogP contribution in [0.5, 0.6) is 0 Å². The maximum absolute atomic E-state index is 9.57. The molecule has 0 amide bonds. The average molecular weight is 260 g/mol. The number of hydrogen-bond acceptors (Lipinski definition) is 3. The van der Waals surface area contributed by atoms with E-state index in [1.165, 1.54) is 5.69 Å². The van der Waals surface area contributed by atoms with Crippen molar-refractivity contribution < 1.29 is 0 Å². The van der Waals surface area contributed by atoms with Crippen molar-refractivity contribution in [3.63, 3.8) is 0 Å². The Morgan fingerprint density at radius 1 is 1.58 bits per heavy atom. The second kappa shape index (κ2) is 5.75. The summed E-state index contributed by atoms with van der Waals surface area (Å²) in [6.07, 6.45) is 5.10. The highest BCUT2D eigenvalue weighted by molar-refractivity contribution is 5.13. The molecular weight excluding hydrogens is 236 g/mol. The first-order valence-corrected chi connectivity index (χ1v) is 7.29. The molecule has 1 aliphatic rings. The van der Waals surface area contributed by atoms with Crippen LogP contribution in [0.1, 0.15) is 56.5 Å². The zero-order valence-electron chi connectivity index (χ0n) is 12.2. The lowest BCUT2D eigenvalue weighted by atomic mass is 9.80. The Hall–Kier alpha value is -1.34. The van der Waals surface area contributed by atoms with Gasteiger partial charge in [-0.05, 0) is 52.1 Å². The van der Waals surface area contributed by atoms with Crippen LogP contribution in [-0.2, 0) is 0 Å². The van der Waals surface area contributed by atoms with Gasteiger partial charge in [0.15, 0.2) is 0 Å². The van der Waals surface area contributed by atoms with E-state index < -0.39 is 0 Å². The Morgan fingerprint density at radius 2 is 2.37 bits per heavy atom. The number of nitrogens with zero attached hydrogens (tertiary/aromatic N) is 3. The molecule has 0 aromatic carbocycles. The van der Waals surface area contributed by atoms with Crippen LogP contribution in [0.4, 0.5) is 0 Å². The van der Waals surface area contributed by atoms with E-state index in [1.54, 1.807) is 0 Å². The van der Waals surface area contributed by atoms with E-state index in [2.05, 4.69) is 41.1 Å². The first kappa shape index (κ1) is 14.1. The summed E-state index contributed by atoms with van der Waals surface area (Å²) in [6.45, 7) is 7.18. The summed E-state index contributed by atoms with van der Waals surface area (Å²) in [4.78, 5) is 0. The third-order valence-corrected chi connectivity index (χ3v) is 4.04. The van der Waals surface area contributed by atoms with E-state index in [1.807, 2.05) is 6.92 Å². The van der Waals surface area contributed by atoms with Gasteiger partial charge in [-0.3, -0.25) is 10.00 Å². The van der Waals surface area contributed by atoms with E-state index >= 15 is 0 Å². The van der Waals surface area contributed by atoms with Crippen LogP contribution in [0.3, 0.4) is 0 Å². The van der Waals surface area contributed by atoms with Crippen LogP contribution >= 0.6 is 0 Å². The molecule has 2 rings (SSSR count). The number of nitrogens with one attached hydrogen (secondary N) is 1. The van der Waals surface area contributed by atoms with Crippen molar-refractivity contribution in [1.29, 1.82) is 5.26 Å². The van der Waals surface area contributed by atoms with E-state index in [0.717, 1.165) is 44.3 Å². The molecule has 19 heavy (non-hydrogen) atoms. The molecule has 4 nitrogen and oxygen atoms in total. The summed E-state index contributed by atoms with van der Waals surface area (Å²) in [7, 11) is 0. The van der Waals surface area contributed by atoms with Gasteiger partial charge in [0, 0.05) is 12.1 Å². The van der Waals surface area contributed by atoms with E-state index in [4.69, 9.17) is 0 Å². The molecule has 1 N–H and O–H groups in total. The summed E-state index contributed by atoms with van der Waals surface area (Å²) in [6, 6.07) is 4.99. The van der Waals surface area contributed by atoms with Crippen molar-refractivity contribution >= 4 is 0 Å². The Bertz CT molecular complexity index is 471. The molecule has 1 aromatic rings. The van der Waals surface area contributed by atoms with Crippen molar-refractivity contribution in [2.45, 2.75) is 64.5 Å². The van der Waals surface area contributed by atoms with Gasteiger partial charge in [0.05, 0.1) is 17.8 Å². The lowest BCUT2D eigenvalue weighted by Gasteiger charge is -2.37. The maximum atomic E-state index is 9.57. The van der Waals surface area contributed by atoms with Gasteiger partial charge in [-0.25, -0.2) is 0 Å². The van der Waals surface area contributed by atoms with Crippen molar-refractivity contribution in [2.24, 2.45) is 0 Å². The SMILES string of the molecule is CCCNC1(C#N)CCCC(n2nc(C)cc2C)C1. The Balaban J connectivity index is 2.16. The van der Waals surface area contributed by atoms with Crippen LogP contribution in [0.2, 0.25) is 0 Å². The molecule has 1 fully saturated rings. The number of nitriles is 1. The Morgan fingerprint density at radius 3 is 2.95 bits per heavy atom. The van der Waals surface area contributed by atoms with E-state index in [-0.39, 0.29) is 5.54 Å². The first-order chi connectivity index (χ1) is 9.10. The number of hydrogen-bond donors (Lipinski definition) is 1. The number of rotatable bonds is 4. The minimum Gasteiger partial charge on any atom is -0.299 e. The highest BCUT2D eigenvalue weighted by atomic mass is 15.3. The molecule has 0 spiro atoms. The molecule has 0 saturated heterocycles. The fourth-order valence-electron chi connectivity index (χ4n) is 3.14. The normalized spacial score (nSPS) is 27.2. The molecule has 0 radical (unpaired) electrons. The van der Waals surface area contributed by atoms with Gasteiger partial charge in [0.2, 0.25) is 0 Å².